The maximum absolute atomic E-state index is 13.1. The van der Waals surface area contributed by atoms with Crippen molar-refractivity contribution in [1.29, 1.82) is 0 Å². The Morgan fingerprint density at radius 2 is 1.89 bits per heavy atom. The largest absolute Gasteiger partial charge is 0.481 e. The van der Waals surface area contributed by atoms with Crippen LogP contribution in [0.2, 0.25) is 0 Å². The molecule has 0 unspecified atom stereocenters. The van der Waals surface area contributed by atoms with Crippen LogP contribution in [0, 0.1) is 11.3 Å². The molecule has 1 aromatic rings. The van der Waals surface area contributed by atoms with Gasteiger partial charge in [-0.3, -0.25) is 9.59 Å². The first kappa shape index (κ1) is 21.9. The molecule has 1 saturated carbocycles. The molecule has 1 amide bonds. The fourth-order valence-corrected chi connectivity index (χ4v) is 4.00. The van der Waals surface area contributed by atoms with Crippen molar-refractivity contribution in [3.8, 4) is 0 Å². The van der Waals surface area contributed by atoms with E-state index >= 15 is 0 Å². The standard InChI is InChI=1S/C20H30N2O6/c1-3-7-13(17(23)24)11-20(8-5-6-9-20)19(27)22-15(18(25)26)10-16-21-14(4-2)12-28-16/h12-13,15H,3-11H2,1-2H3,(H,22,27)(H,23,24)(H,25,26)/t13-,15+/m1/s1. The number of aromatic nitrogens is 1. The summed E-state index contributed by atoms with van der Waals surface area (Å²) in [5.74, 6) is -2.78. The number of hydrogen-bond donors (Lipinski definition) is 3. The number of carboxylic acid groups (broad SMARTS) is 2. The van der Waals surface area contributed by atoms with Crippen molar-refractivity contribution in [3.05, 3.63) is 17.8 Å². The van der Waals surface area contributed by atoms with E-state index in [4.69, 9.17) is 4.42 Å². The Morgan fingerprint density at radius 1 is 1.21 bits per heavy atom. The first-order valence-corrected chi connectivity index (χ1v) is 10.0. The maximum atomic E-state index is 13.1. The molecule has 28 heavy (non-hydrogen) atoms. The molecule has 1 aliphatic rings. The Bertz CT molecular complexity index is 693. The quantitative estimate of drug-likeness (QED) is 0.526. The number of aliphatic carboxylic acids is 2. The number of aryl methyl sites for hydroxylation is 1. The van der Waals surface area contributed by atoms with E-state index in [0.29, 0.717) is 25.7 Å². The van der Waals surface area contributed by atoms with E-state index < -0.39 is 29.3 Å². The molecule has 1 fully saturated rings. The van der Waals surface area contributed by atoms with Crippen molar-refractivity contribution in [3.63, 3.8) is 0 Å². The number of hydrogen-bond acceptors (Lipinski definition) is 5. The van der Waals surface area contributed by atoms with Gasteiger partial charge in [0, 0.05) is 0 Å². The Labute approximate surface area is 164 Å². The van der Waals surface area contributed by atoms with E-state index in [9.17, 15) is 24.6 Å². The Morgan fingerprint density at radius 3 is 2.39 bits per heavy atom. The summed E-state index contributed by atoms with van der Waals surface area (Å²) >= 11 is 0. The predicted molar refractivity (Wildman–Crippen MR) is 101 cm³/mol. The van der Waals surface area contributed by atoms with Crippen LogP contribution in [0.1, 0.15) is 70.4 Å². The van der Waals surface area contributed by atoms with Gasteiger partial charge < -0.3 is 19.9 Å². The monoisotopic (exact) mass is 394 g/mol. The number of carboxylic acids is 2. The summed E-state index contributed by atoms with van der Waals surface area (Å²) in [6.45, 7) is 3.83. The number of oxazole rings is 1. The van der Waals surface area contributed by atoms with Crippen molar-refractivity contribution < 1.29 is 29.0 Å². The summed E-state index contributed by atoms with van der Waals surface area (Å²) in [4.78, 5) is 40.6. The highest BCUT2D eigenvalue weighted by Crippen LogP contribution is 2.44. The normalized spacial score (nSPS) is 17.8. The van der Waals surface area contributed by atoms with Gasteiger partial charge in [-0.05, 0) is 32.1 Å². The molecule has 0 spiro atoms. The van der Waals surface area contributed by atoms with E-state index in [1.165, 1.54) is 6.26 Å². The molecule has 2 rings (SSSR count). The fourth-order valence-electron chi connectivity index (χ4n) is 4.00. The summed E-state index contributed by atoms with van der Waals surface area (Å²) in [5.41, 5.74) is -0.0986. The van der Waals surface area contributed by atoms with Crippen molar-refractivity contribution in [2.75, 3.05) is 0 Å². The summed E-state index contributed by atoms with van der Waals surface area (Å²) in [5, 5.41) is 21.7. The van der Waals surface area contributed by atoms with Gasteiger partial charge in [-0.2, -0.15) is 0 Å². The smallest absolute Gasteiger partial charge is 0.326 e. The minimum atomic E-state index is -1.17. The van der Waals surface area contributed by atoms with Gasteiger partial charge >= 0.3 is 11.9 Å². The van der Waals surface area contributed by atoms with E-state index in [1.807, 2.05) is 13.8 Å². The highest BCUT2D eigenvalue weighted by atomic mass is 16.4. The summed E-state index contributed by atoms with van der Waals surface area (Å²) in [7, 11) is 0. The van der Waals surface area contributed by atoms with Gasteiger partial charge in [0.25, 0.3) is 0 Å². The average molecular weight is 394 g/mol. The molecular weight excluding hydrogens is 364 g/mol. The minimum absolute atomic E-state index is 0.0472. The van der Waals surface area contributed by atoms with Gasteiger partial charge in [-0.15, -0.1) is 0 Å². The highest BCUT2D eigenvalue weighted by molar-refractivity contribution is 5.88. The van der Waals surface area contributed by atoms with Crippen LogP contribution in [-0.2, 0) is 27.2 Å². The minimum Gasteiger partial charge on any atom is -0.481 e. The van der Waals surface area contributed by atoms with Gasteiger partial charge in [0.2, 0.25) is 5.91 Å². The van der Waals surface area contributed by atoms with Crippen molar-refractivity contribution in [1.82, 2.24) is 10.3 Å². The van der Waals surface area contributed by atoms with Gasteiger partial charge in [-0.1, -0.05) is 33.1 Å². The molecule has 1 heterocycles. The molecule has 1 aliphatic carbocycles. The highest BCUT2D eigenvalue weighted by Gasteiger charge is 2.45. The van der Waals surface area contributed by atoms with Crippen molar-refractivity contribution >= 4 is 17.8 Å². The van der Waals surface area contributed by atoms with Crippen LogP contribution in [0.25, 0.3) is 0 Å². The zero-order valence-electron chi connectivity index (χ0n) is 16.6. The second-order valence-electron chi connectivity index (χ2n) is 7.67. The number of amides is 1. The lowest BCUT2D eigenvalue weighted by Crippen LogP contribution is -2.49. The molecule has 2 atom stereocenters. The SMILES string of the molecule is CCC[C@H](CC1(C(=O)N[C@@H](Cc2nc(CC)co2)C(=O)O)CCCC1)C(=O)O. The molecule has 0 saturated heterocycles. The number of nitrogens with one attached hydrogen (secondary N) is 1. The molecule has 8 heteroatoms. The van der Waals surface area contributed by atoms with Crippen LogP contribution in [0.4, 0.5) is 0 Å². The van der Waals surface area contributed by atoms with Crippen molar-refractivity contribution in [2.45, 2.75) is 77.7 Å². The molecule has 156 valence electrons. The van der Waals surface area contributed by atoms with E-state index in [2.05, 4.69) is 10.3 Å². The van der Waals surface area contributed by atoms with E-state index in [-0.39, 0.29) is 24.6 Å². The van der Waals surface area contributed by atoms with Crippen LogP contribution >= 0.6 is 0 Å². The zero-order chi connectivity index (χ0) is 20.7. The topological polar surface area (TPSA) is 130 Å². The Hall–Kier alpha value is -2.38. The third kappa shape index (κ3) is 5.33. The van der Waals surface area contributed by atoms with E-state index in [1.54, 1.807) is 0 Å². The lowest BCUT2D eigenvalue weighted by Gasteiger charge is -2.31. The van der Waals surface area contributed by atoms with Crippen LogP contribution < -0.4 is 5.32 Å². The third-order valence-corrected chi connectivity index (χ3v) is 5.61. The Balaban J connectivity index is 2.13. The Kier molecular flexibility index (Phi) is 7.60. The zero-order valence-corrected chi connectivity index (χ0v) is 16.6. The van der Waals surface area contributed by atoms with Crippen LogP contribution in [0.5, 0.6) is 0 Å². The molecule has 8 nitrogen and oxygen atoms in total. The number of carbonyl (C=O) groups excluding carboxylic acids is 1. The first-order chi connectivity index (χ1) is 13.3. The molecule has 0 bridgehead atoms. The second kappa shape index (κ2) is 9.71. The van der Waals surface area contributed by atoms with Crippen LogP contribution in [-0.4, -0.2) is 39.1 Å². The van der Waals surface area contributed by atoms with Crippen LogP contribution in [0.3, 0.4) is 0 Å². The summed E-state index contributed by atoms with van der Waals surface area (Å²) in [6, 6.07) is -1.16. The lowest BCUT2D eigenvalue weighted by atomic mass is 9.75. The average Bonchev–Trinajstić information content (AvgIpc) is 3.30. The van der Waals surface area contributed by atoms with E-state index in [0.717, 1.165) is 25.0 Å². The third-order valence-electron chi connectivity index (χ3n) is 5.61. The second-order valence-corrected chi connectivity index (χ2v) is 7.67. The number of rotatable bonds is 11. The summed E-state index contributed by atoms with van der Waals surface area (Å²) in [6.07, 6.45) is 6.41. The summed E-state index contributed by atoms with van der Waals surface area (Å²) < 4.78 is 5.29. The van der Waals surface area contributed by atoms with Gasteiger partial charge in [0.15, 0.2) is 5.89 Å². The molecule has 3 N–H and O–H groups in total. The maximum Gasteiger partial charge on any atom is 0.326 e. The van der Waals surface area contributed by atoms with Crippen molar-refractivity contribution in [2.24, 2.45) is 11.3 Å². The fraction of sp³-hybridized carbons (Fsp3) is 0.700. The molecule has 1 aromatic heterocycles. The number of carbonyl (C=O) groups is 3. The molecular formula is C20H30N2O6. The van der Waals surface area contributed by atoms with Crippen LogP contribution in [0.15, 0.2) is 10.7 Å². The van der Waals surface area contributed by atoms with Gasteiger partial charge in [0.1, 0.15) is 12.3 Å². The lowest BCUT2D eigenvalue weighted by molar-refractivity contribution is -0.147. The molecule has 0 aliphatic heterocycles. The van der Waals surface area contributed by atoms with Gasteiger partial charge in [0.05, 0.1) is 23.4 Å². The first-order valence-electron chi connectivity index (χ1n) is 10.0. The molecule has 0 radical (unpaired) electrons. The predicted octanol–water partition coefficient (Wildman–Crippen LogP) is 2.80. The molecule has 0 aromatic carbocycles. The van der Waals surface area contributed by atoms with Gasteiger partial charge in [-0.25, -0.2) is 9.78 Å². The number of nitrogens with zero attached hydrogens (tertiary/aromatic N) is 1.